The normalized spacial score (nSPS) is 17.7. The molecule has 6 heteroatoms. The molecule has 0 unspecified atom stereocenters. The highest BCUT2D eigenvalue weighted by Crippen LogP contribution is 2.22. The number of rotatable bonds is 7. The summed E-state index contributed by atoms with van der Waals surface area (Å²) < 4.78 is 0. The molecule has 148 valence electrons. The summed E-state index contributed by atoms with van der Waals surface area (Å²) in [5.41, 5.74) is 2.56. The molecule has 3 rings (SSSR count). The van der Waals surface area contributed by atoms with Gasteiger partial charge in [-0.25, -0.2) is 0 Å². The molecule has 0 spiro atoms. The fraction of sp³-hybridized carbons (Fsp3) is 0.619. The molecule has 1 saturated heterocycles. The molecule has 2 N–H and O–H groups in total. The maximum atomic E-state index is 12.4. The van der Waals surface area contributed by atoms with E-state index < -0.39 is 0 Å². The number of nitrogens with one attached hydrogen (secondary N) is 2. The van der Waals surface area contributed by atoms with Gasteiger partial charge in [-0.3, -0.25) is 9.79 Å². The van der Waals surface area contributed by atoms with Crippen LogP contribution in [0.5, 0.6) is 0 Å². The first-order valence-electron chi connectivity index (χ1n) is 10.3. The van der Waals surface area contributed by atoms with E-state index in [2.05, 4.69) is 32.7 Å². The highest BCUT2D eigenvalue weighted by molar-refractivity contribution is 5.80. The van der Waals surface area contributed by atoms with Gasteiger partial charge in [0.25, 0.3) is 0 Å². The minimum Gasteiger partial charge on any atom is -0.356 e. The van der Waals surface area contributed by atoms with E-state index in [-0.39, 0.29) is 5.91 Å². The number of benzene rings is 1. The van der Waals surface area contributed by atoms with Crippen LogP contribution in [-0.4, -0.2) is 61.4 Å². The fourth-order valence-corrected chi connectivity index (χ4v) is 3.85. The Morgan fingerprint density at radius 1 is 1.04 bits per heavy atom. The average molecular weight is 372 g/mol. The maximum absolute atomic E-state index is 12.4. The molecular weight excluding hydrogens is 338 g/mol. The summed E-state index contributed by atoms with van der Waals surface area (Å²) in [5, 5.41) is 6.69. The second-order valence-corrected chi connectivity index (χ2v) is 7.45. The lowest BCUT2D eigenvalue weighted by atomic mass is 10.1. The van der Waals surface area contributed by atoms with Gasteiger partial charge >= 0.3 is 0 Å². The molecule has 1 aromatic rings. The first-order chi connectivity index (χ1) is 13.3. The SMILES string of the molecule is CN=C(NCCCC(=O)N1Cc2ccccc2C1)NCCN1CCCCC1. The third-order valence-electron chi connectivity index (χ3n) is 5.45. The molecule has 0 atom stereocenters. The van der Waals surface area contributed by atoms with E-state index in [0.717, 1.165) is 45.1 Å². The number of carbonyl (C=O) groups is 1. The summed E-state index contributed by atoms with van der Waals surface area (Å²) in [7, 11) is 1.79. The van der Waals surface area contributed by atoms with Crippen molar-refractivity contribution in [3.8, 4) is 0 Å². The molecule has 1 fully saturated rings. The summed E-state index contributed by atoms with van der Waals surface area (Å²) in [4.78, 5) is 21.2. The van der Waals surface area contributed by atoms with Crippen molar-refractivity contribution in [3.05, 3.63) is 35.4 Å². The van der Waals surface area contributed by atoms with Crippen LogP contribution in [0.3, 0.4) is 0 Å². The summed E-state index contributed by atoms with van der Waals surface area (Å²) >= 11 is 0. The number of guanidine groups is 1. The van der Waals surface area contributed by atoms with Crippen LogP contribution < -0.4 is 10.6 Å². The number of amides is 1. The van der Waals surface area contributed by atoms with Crippen molar-refractivity contribution in [2.24, 2.45) is 4.99 Å². The molecule has 27 heavy (non-hydrogen) atoms. The Bertz CT molecular complexity index is 614. The number of hydrogen-bond acceptors (Lipinski definition) is 3. The van der Waals surface area contributed by atoms with Gasteiger partial charge in [-0.2, -0.15) is 0 Å². The largest absolute Gasteiger partial charge is 0.356 e. The van der Waals surface area contributed by atoms with E-state index in [9.17, 15) is 4.79 Å². The molecule has 6 nitrogen and oxygen atoms in total. The molecule has 0 saturated carbocycles. The molecule has 2 aliphatic heterocycles. The van der Waals surface area contributed by atoms with Crippen molar-refractivity contribution in [2.45, 2.75) is 45.2 Å². The molecule has 1 amide bonds. The van der Waals surface area contributed by atoms with Crippen LogP contribution in [0.4, 0.5) is 0 Å². The van der Waals surface area contributed by atoms with Gasteiger partial charge in [-0.05, 0) is 43.5 Å². The van der Waals surface area contributed by atoms with Gasteiger partial charge in [0, 0.05) is 46.2 Å². The minimum atomic E-state index is 0.237. The Hall–Kier alpha value is -2.08. The molecule has 0 radical (unpaired) electrons. The lowest BCUT2D eigenvalue weighted by Crippen LogP contribution is -2.43. The van der Waals surface area contributed by atoms with Gasteiger partial charge in [0.05, 0.1) is 0 Å². The smallest absolute Gasteiger partial charge is 0.223 e. The van der Waals surface area contributed by atoms with Crippen LogP contribution in [0.15, 0.2) is 29.3 Å². The molecular formula is C21H33N5O. The van der Waals surface area contributed by atoms with E-state index in [4.69, 9.17) is 0 Å². The standard InChI is InChI=1S/C21H33N5O/c1-22-21(24-12-15-25-13-5-2-6-14-25)23-11-7-10-20(27)26-16-18-8-3-4-9-19(18)17-26/h3-4,8-9H,2,5-7,10-17H2,1H3,(H2,22,23,24). The lowest BCUT2D eigenvalue weighted by Gasteiger charge is -2.26. The minimum absolute atomic E-state index is 0.237. The van der Waals surface area contributed by atoms with Gasteiger partial charge in [0.15, 0.2) is 5.96 Å². The Balaban J connectivity index is 1.28. The number of nitrogens with zero attached hydrogens (tertiary/aromatic N) is 3. The number of likely N-dealkylation sites (tertiary alicyclic amines) is 1. The predicted molar refractivity (Wildman–Crippen MR) is 110 cm³/mol. The molecule has 0 aliphatic carbocycles. The Morgan fingerprint density at radius 3 is 2.37 bits per heavy atom. The summed E-state index contributed by atoms with van der Waals surface area (Å²) in [6, 6.07) is 8.31. The zero-order chi connectivity index (χ0) is 18.9. The first kappa shape index (κ1) is 19.7. The zero-order valence-corrected chi connectivity index (χ0v) is 16.5. The van der Waals surface area contributed by atoms with Crippen LogP contribution in [0.25, 0.3) is 0 Å². The van der Waals surface area contributed by atoms with Crippen LogP contribution in [-0.2, 0) is 17.9 Å². The van der Waals surface area contributed by atoms with Crippen LogP contribution in [0.1, 0.15) is 43.2 Å². The molecule has 0 bridgehead atoms. The molecule has 2 heterocycles. The lowest BCUT2D eigenvalue weighted by molar-refractivity contribution is -0.131. The number of carbonyl (C=O) groups excluding carboxylic acids is 1. The molecule has 1 aromatic carbocycles. The Kier molecular flexibility index (Phi) is 7.51. The van der Waals surface area contributed by atoms with E-state index in [1.165, 1.54) is 43.5 Å². The third-order valence-corrected chi connectivity index (χ3v) is 5.45. The van der Waals surface area contributed by atoms with Gasteiger partial charge < -0.3 is 20.4 Å². The maximum Gasteiger partial charge on any atom is 0.223 e. The predicted octanol–water partition coefficient (Wildman–Crippen LogP) is 1.96. The summed E-state index contributed by atoms with van der Waals surface area (Å²) in [5.74, 6) is 1.06. The van der Waals surface area contributed by atoms with Crippen molar-refractivity contribution in [1.29, 1.82) is 0 Å². The van der Waals surface area contributed by atoms with Crippen molar-refractivity contribution < 1.29 is 4.79 Å². The first-order valence-corrected chi connectivity index (χ1v) is 10.3. The van der Waals surface area contributed by atoms with Gasteiger partial charge in [-0.15, -0.1) is 0 Å². The zero-order valence-electron chi connectivity index (χ0n) is 16.5. The highest BCUT2D eigenvalue weighted by Gasteiger charge is 2.22. The Labute approximate surface area is 163 Å². The van der Waals surface area contributed by atoms with Crippen molar-refractivity contribution in [2.75, 3.05) is 39.8 Å². The van der Waals surface area contributed by atoms with E-state index in [0.29, 0.717) is 6.42 Å². The van der Waals surface area contributed by atoms with E-state index in [1.807, 2.05) is 17.0 Å². The van der Waals surface area contributed by atoms with Gasteiger partial charge in [-0.1, -0.05) is 30.7 Å². The second kappa shape index (κ2) is 10.3. The van der Waals surface area contributed by atoms with Crippen LogP contribution in [0, 0.1) is 0 Å². The molecule has 0 aromatic heterocycles. The number of hydrogen-bond donors (Lipinski definition) is 2. The average Bonchev–Trinajstić information content (AvgIpc) is 3.15. The number of piperidine rings is 1. The third kappa shape index (κ3) is 5.96. The molecule has 2 aliphatic rings. The number of aliphatic imine (C=N–C) groups is 1. The van der Waals surface area contributed by atoms with Crippen LogP contribution >= 0.6 is 0 Å². The Morgan fingerprint density at radius 2 is 1.70 bits per heavy atom. The second-order valence-electron chi connectivity index (χ2n) is 7.45. The topological polar surface area (TPSA) is 60.0 Å². The summed E-state index contributed by atoms with van der Waals surface area (Å²) in [6.07, 6.45) is 5.41. The fourth-order valence-electron chi connectivity index (χ4n) is 3.85. The van der Waals surface area contributed by atoms with Gasteiger partial charge in [0.1, 0.15) is 0 Å². The van der Waals surface area contributed by atoms with E-state index >= 15 is 0 Å². The van der Waals surface area contributed by atoms with Crippen molar-refractivity contribution >= 4 is 11.9 Å². The highest BCUT2D eigenvalue weighted by atomic mass is 16.2. The van der Waals surface area contributed by atoms with Crippen molar-refractivity contribution in [1.82, 2.24) is 20.4 Å². The monoisotopic (exact) mass is 371 g/mol. The quantitative estimate of drug-likeness (QED) is 0.437. The van der Waals surface area contributed by atoms with Crippen LogP contribution in [0.2, 0.25) is 0 Å². The van der Waals surface area contributed by atoms with Gasteiger partial charge in [0.2, 0.25) is 5.91 Å². The van der Waals surface area contributed by atoms with E-state index in [1.54, 1.807) is 7.05 Å². The summed E-state index contributed by atoms with van der Waals surface area (Å²) in [6.45, 7) is 6.67. The van der Waals surface area contributed by atoms with Crippen molar-refractivity contribution in [3.63, 3.8) is 0 Å². The number of fused-ring (bicyclic) bond motifs is 1.